The summed E-state index contributed by atoms with van der Waals surface area (Å²) in [5.74, 6) is 0.457. The van der Waals surface area contributed by atoms with Crippen LogP contribution in [0.5, 0.6) is 5.75 Å². The fourth-order valence-electron chi connectivity index (χ4n) is 2.12. The molecule has 0 aliphatic heterocycles. The fraction of sp³-hybridized carbons (Fsp3) is 0.529. The third kappa shape index (κ3) is 6.59. The van der Waals surface area contributed by atoms with E-state index in [9.17, 15) is 4.79 Å². The Hall–Kier alpha value is -2.24. The molecular weight excluding hydrogens is 294 g/mol. The predicted molar refractivity (Wildman–Crippen MR) is 91.8 cm³/mol. The van der Waals surface area contributed by atoms with Gasteiger partial charge >= 0.3 is 5.97 Å². The third-order valence-corrected chi connectivity index (χ3v) is 3.44. The third-order valence-electron chi connectivity index (χ3n) is 3.44. The van der Waals surface area contributed by atoms with Crippen molar-refractivity contribution in [1.82, 2.24) is 5.32 Å². The van der Waals surface area contributed by atoms with Crippen LogP contribution >= 0.6 is 0 Å². The molecular formula is C17H27N3O3. The topological polar surface area (TPSA) is 85.9 Å². The quantitative estimate of drug-likeness (QED) is 0.316. The molecule has 0 atom stereocenters. The van der Waals surface area contributed by atoms with Gasteiger partial charge < -0.3 is 20.5 Å². The molecule has 6 heteroatoms. The summed E-state index contributed by atoms with van der Waals surface area (Å²) in [6.45, 7) is 3.40. The highest BCUT2D eigenvalue weighted by Crippen LogP contribution is 2.21. The predicted octanol–water partition coefficient (Wildman–Crippen LogP) is 2.47. The summed E-state index contributed by atoms with van der Waals surface area (Å²) >= 11 is 0. The maximum atomic E-state index is 11.7. The molecule has 0 spiro atoms. The van der Waals surface area contributed by atoms with E-state index in [4.69, 9.17) is 15.2 Å². The first-order valence-corrected chi connectivity index (χ1v) is 7.91. The molecule has 0 saturated carbocycles. The number of unbranched alkanes of at least 4 members (excludes halogenated alkanes) is 3. The van der Waals surface area contributed by atoms with Crippen molar-refractivity contribution in [2.24, 2.45) is 10.7 Å². The van der Waals surface area contributed by atoms with Crippen LogP contribution in [0.25, 0.3) is 0 Å². The van der Waals surface area contributed by atoms with E-state index in [0.717, 1.165) is 18.5 Å². The summed E-state index contributed by atoms with van der Waals surface area (Å²) < 4.78 is 9.91. The second kappa shape index (κ2) is 10.5. The number of carbonyl (C=O) groups excluding carboxylic acids is 1. The van der Waals surface area contributed by atoms with Gasteiger partial charge in [-0.3, -0.25) is 0 Å². The first kappa shape index (κ1) is 18.8. The number of benzene rings is 1. The summed E-state index contributed by atoms with van der Waals surface area (Å²) in [7, 11) is 2.85. The van der Waals surface area contributed by atoms with Crippen LogP contribution in [0.3, 0.4) is 0 Å². The van der Waals surface area contributed by atoms with Crippen LogP contribution in [-0.2, 0) is 11.3 Å². The van der Waals surface area contributed by atoms with Crippen LogP contribution < -0.4 is 15.8 Å². The number of nitrogens with two attached hydrogens (primary N) is 1. The smallest absolute Gasteiger partial charge is 0.341 e. The Labute approximate surface area is 138 Å². The highest BCUT2D eigenvalue weighted by atomic mass is 16.5. The number of hydrogen-bond donors (Lipinski definition) is 2. The maximum absolute atomic E-state index is 11.7. The zero-order chi connectivity index (χ0) is 17.1. The van der Waals surface area contributed by atoms with Gasteiger partial charge in [-0.2, -0.15) is 0 Å². The van der Waals surface area contributed by atoms with Crippen molar-refractivity contribution in [3.8, 4) is 5.75 Å². The van der Waals surface area contributed by atoms with Gasteiger partial charge in [-0.25, -0.2) is 9.79 Å². The SMILES string of the molecule is CCCCCCNC(N)=NCc1ccc(OC)c(C(=O)OC)c1. The van der Waals surface area contributed by atoms with Crippen LogP contribution in [0.15, 0.2) is 23.2 Å². The van der Waals surface area contributed by atoms with Crippen LogP contribution in [0.4, 0.5) is 0 Å². The lowest BCUT2D eigenvalue weighted by Gasteiger charge is -2.09. The molecule has 1 rings (SSSR count). The van der Waals surface area contributed by atoms with Crippen LogP contribution in [0.1, 0.15) is 48.5 Å². The Bertz CT molecular complexity index is 530. The Balaban J connectivity index is 2.59. The Morgan fingerprint density at radius 1 is 1.26 bits per heavy atom. The normalized spacial score (nSPS) is 11.2. The van der Waals surface area contributed by atoms with E-state index in [1.807, 2.05) is 6.07 Å². The molecule has 0 fully saturated rings. The summed E-state index contributed by atoms with van der Waals surface area (Å²) in [4.78, 5) is 16.0. The Morgan fingerprint density at radius 3 is 2.70 bits per heavy atom. The summed E-state index contributed by atoms with van der Waals surface area (Å²) in [6.07, 6.45) is 4.72. The number of esters is 1. The van der Waals surface area contributed by atoms with Crippen molar-refractivity contribution >= 4 is 11.9 Å². The Kier molecular flexibility index (Phi) is 8.57. The van der Waals surface area contributed by atoms with Crippen molar-refractivity contribution in [3.63, 3.8) is 0 Å². The molecule has 0 unspecified atom stereocenters. The minimum absolute atomic E-state index is 0.383. The molecule has 1 aromatic rings. The first-order chi connectivity index (χ1) is 11.1. The number of carbonyl (C=O) groups is 1. The standard InChI is InChI=1S/C17H27N3O3/c1-4-5-6-7-10-19-17(18)20-12-13-8-9-15(22-2)14(11-13)16(21)23-3/h8-9,11H,4-7,10,12H2,1-3H3,(H3,18,19,20). The minimum atomic E-state index is -0.435. The van der Waals surface area contributed by atoms with Crippen molar-refractivity contribution in [2.45, 2.75) is 39.2 Å². The number of hydrogen-bond acceptors (Lipinski definition) is 4. The van der Waals surface area contributed by atoms with Gasteiger partial charge in [0, 0.05) is 6.54 Å². The number of nitrogens with one attached hydrogen (secondary N) is 1. The van der Waals surface area contributed by atoms with E-state index in [1.54, 1.807) is 12.1 Å². The summed E-state index contributed by atoms with van der Waals surface area (Å²) in [6, 6.07) is 5.29. The highest BCUT2D eigenvalue weighted by Gasteiger charge is 2.13. The molecule has 6 nitrogen and oxygen atoms in total. The van der Waals surface area contributed by atoms with Gasteiger partial charge in [0.2, 0.25) is 0 Å². The lowest BCUT2D eigenvalue weighted by molar-refractivity contribution is 0.0597. The first-order valence-electron chi connectivity index (χ1n) is 7.91. The number of ether oxygens (including phenoxy) is 2. The monoisotopic (exact) mass is 321 g/mol. The lowest BCUT2D eigenvalue weighted by Crippen LogP contribution is -2.32. The van der Waals surface area contributed by atoms with Gasteiger partial charge in [0.05, 0.1) is 20.8 Å². The van der Waals surface area contributed by atoms with E-state index in [2.05, 4.69) is 17.2 Å². The van der Waals surface area contributed by atoms with Gasteiger partial charge in [-0.1, -0.05) is 32.3 Å². The van der Waals surface area contributed by atoms with E-state index in [-0.39, 0.29) is 0 Å². The van der Waals surface area contributed by atoms with Crippen molar-refractivity contribution < 1.29 is 14.3 Å². The average Bonchev–Trinajstić information content (AvgIpc) is 2.58. The summed E-state index contributed by atoms with van der Waals surface area (Å²) in [5.41, 5.74) is 7.08. The number of aliphatic imine (C=N–C) groups is 1. The van der Waals surface area contributed by atoms with Crippen molar-refractivity contribution in [3.05, 3.63) is 29.3 Å². The molecule has 0 radical (unpaired) electrons. The van der Waals surface area contributed by atoms with E-state index < -0.39 is 5.97 Å². The van der Waals surface area contributed by atoms with Gasteiger partial charge in [0.15, 0.2) is 5.96 Å². The lowest BCUT2D eigenvalue weighted by atomic mass is 10.1. The van der Waals surface area contributed by atoms with Gasteiger partial charge in [-0.15, -0.1) is 0 Å². The van der Waals surface area contributed by atoms with Gasteiger partial charge in [-0.05, 0) is 24.1 Å². The average molecular weight is 321 g/mol. The van der Waals surface area contributed by atoms with Crippen LogP contribution in [0.2, 0.25) is 0 Å². The largest absolute Gasteiger partial charge is 0.496 e. The molecule has 0 aliphatic carbocycles. The fourth-order valence-corrected chi connectivity index (χ4v) is 2.12. The number of methoxy groups -OCH3 is 2. The van der Waals surface area contributed by atoms with Crippen LogP contribution in [0, 0.1) is 0 Å². The van der Waals surface area contributed by atoms with E-state index in [1.165, 1.54) is 33.5 Å². The molecule has 0 saturated heterocycles. The molecule has 0 aromatic heterocycles. The number of rotatable bonds is 9. The van der Waals surface area contributed by atoms with Gasteiger partial charge in [0.25, 0.3) is 0 Å². The summed E-state index contributed by atoms with van der Waals surface area (Å²) in [5, 5.41) is 3.09. The number of nitrogens with zero attached hydrogens (tertiary/aromatic N) is 1. The molecule has 128 valence electrons. The van der Waals surface area contributed by atoms with Crippen molar-refractivity contribution in [1.29, 1.82) is 0 Å². The van der Waals surface area contributed by atoms with E-state index >= 15 is 0 Å². The molecule has 1 aromatic carbocycles. The van der Waals surface area contributed by atoms with Crippen LogP contribution in [-0.4, -0.2) is 32.7 Å². The molecule has 23 heavy (non-hydrogen) atoms. The molecule has 0 aliphatic rings. The molecule has 0 bridgehead atoms. The Morgan fingerprint density at radius 2 is 2.04 bits per heavy atom. The zero-order valence-electron chi connectivity index (χ0n) is 14.2. The zero-order valence-corrected chi connectivity index (χ0v) is 14.2. The minimum Gasteiger partial charge on any atom is -0.496 e. The maximum Gasteiger partial charge on any atom is 0.341 e. The second-order valence-electron chi connectivity index (χ2n) is 5.22. The molecule has 0 heterocycles. The second-order valence-corrected chi connectivity index (χ2v) is 5.22. The van der Waals surface area contributed by atoms with Crippen molar-refractivity contribution in [2.75, 3.05) is 20.8 Å². The molecule has 3 N–H and O–H groups in total. The van der Waals surface area contributed by atoms with E-state index in [0.29, 0.717) is 23.8 Å². The molecule has 0 amide bonds. The number of guanidine groups is 1. The van der Waals surface area contributed by atoms with Gasteiger partial charge in [0.1, 0.15) is 11.3 Å². The highest BCUT2D eigenvalue weighted by molar-refractivity contribution is 5.92.